The summed E-state index contributed by atoms with van der Waals surface area (Å²) in [5, 5.41) is 8.55. The van der Waals surface area contributed by atoms with Crippen LogP contribution in [0.1, 0.15) is 26.7 Å². The van der Waals surface area contributed by atoms with Crippen LogP contribution in [0.15, 0.2) is 0 Å². The molecule has 1 N–H and O–H groups in total. The maximum atomic E-state index is 11.3. The van der Waals surface area contributed by atoms with Crippen molar-refractivity contribution < 1.29 is 14.7 Å². The summed E-state index contributed by atoms with van der Waals surface area (Å²) >= 11 is 0. The van der Waals surface area contributed by atoms with Gasteiger partial charge in [0.05, 0.1) is 5.92 Å². The zero-order valence-electron chi connectivity index (χ0n) is 7.91. The van der Waals surface area contributed by atoms with E-state index in [1.807, 2.05) is 0 Å². The van der Waals surface area contributed by atoms with Crippen LogP contribution in [0.2, 0.25) is 0 Å². The van der Waals surface area contributed by atoms with E-state index in [0.29, 0.717) is 6.42 Å². The van der Waals surface area contributed by atoms with E-state index in [2.05, 4.69) is 5.92 Å². The summed E-state index contributed by atoms with van der Waals surface area (Å²) in [7, 11) is 0. The molecule has 3 nitrogen and oxygen atoms in total. The molecule has 0 fully saturated rings. The molecule has 0 aliphatic heterocycles. The molecule has 72 valence electrons. The standard InChI is InChI=1S/C10H14O3/c1-4-5-7(2)9(11)6-8(3)10(12)13/h1,7-8H,5-6H2,2-3H3,(H,12,13)/t7-,8+/m1/s1. The molecule has 0 aromatic rings. The van der Waals surface area contributed by atoms with E-state index in [9.17, 15) is 9.59 Å². The molecule has 0 saturated heterocycles. The first-order valence-electron chi connectivity index (χ1n) is 4.18. The number of ketones is 1. The van der Waals surface area contributed by atoms with Gasteiger partial charge in [0.25, 0.3) is 0 Å². The summed E-state index contributed by atoms with van der Waals surface area (Å²) in [4.78, 5) is 21.7. The Bertz CT molecular complexity index is 237. The number of hydrogen-bond donors (Lipinski definition) is 1. The van der Waals surface area contributed by atoms with Crippen molar-refractivity contribution in [1.82, 2.24) is 0 Å². The predicted molar refractivity (Wildman–Crippen MR) is 49.0 cm³/mol. The van der Waals surface area contributed by atoms with Crippen LogP contribution in [0.3, 0.4) is 0 Å². The molecule has 0 rings (SSSR count). The minimum Gasteiger partial charge on any atom is -0.481 e. The highest BCUT2D eigenvalue weighted by molar-refractivity contribution is 5.85. The molecule has 0 unspecified atom stereocenters. The quantitative estimate of drug-likeness (QED) is 0.652. The summed E-state index contributed by atoms with van der Waals surface area (Å²) in [6.45, 7) is 3.24. The van der Waals surface area contributed by atoms with Crippen molar-refractivity contribution in [3.8, 4) is 12.3 Å². The molecule has 0 bridgehead atoms. The van der Waals surface area contributed by atoms with Gasteiger partial charge in [0.2, 0.25) is 0 Å². The number of rotatable bonds is 5. The molecule has 0 heterocycles. The molecule has 0 saturated carbocycles. The summed E-state index contributed by atoms with van der Waals surface area (Å²) in [5.74, 6) is 0.516. The highest BCUT2D eigenvalue weighted by Gasteiger charge is 2.19. The Morgan fingerprint density at radius 2 is 1.92 bits per heavy atom. The van der Waals surface area contributed by atoms with Gasteiger partial charge in [-0.3, -0.25) is 9.59 Å². The SMILES string of the molecule is C#CC[C@@H](C)C(=O)C[C@H](C)C(=O)O. The second-order valence-electron chi connectivity index (χ2n) is 3.22. The van der Waals surface area contributed by atoms with Crippen LogP contribution < -0.4 is 0 Å². The van der Waals surface area contributed by atoms with E-state index >= 15 is 0 Å². The van der Waals surface area contributed by atoms with Crippen LogP contribution in [-0.2, 0) is 9.59 Å². The van der Waals surface area contributed by atoms with Crippen LogP contribution in [0.25, 0.3) is 0 Å². The van der Waals surface area contributed by atoms with E-state index in [4.69, 9.17) is 11.5 Å². The van der Waals surface area contributed by atoms with Crippen molar-refractivity contribution in [1.29, 1.82) is 0 Å². The van der Waals surface area contributed by atoms with Crippen molar-refractivity contribution >= 4 is 11.8 Å². The Kier molecular flexibility index (Phi) is 4.83. The van der Waals surface area contributed by atoms with Gasteiger partial charge < -0.3 is 5.11 Å². The molecule has 0 amide bonds. The fourth-order valence-corrected chi connectivity index (χ4v) is 0.881. The number of carboxylic acids is 1. The van der Waals surface area contributed by atoms with Gasteiger partial charge in [-0.25, -0.2) is 0 Å². The third kappa shape index (κ3) is 4.32. The Morgan fingerprint density at radius 1 is 1.38 bits per heavy atom. The van der Waals surface area contributed by atoms with Crippen molar-refractivity contribution in [2.75, 3.05) is 0 Å². The second kappa shape index (κ2) is 5.36. The highest BCUT2D eigenvalue weighted by atomic mass is 16.4. The fourth-order valence-electron chi connectivity index (χ4n) is 0.881. The van der Waals surface area contributed by atoms with Gasteiger partial charge in [-0.15, -0.1) is 12.3 Å². The first-order valence-corrected chi connectivity index (χ1v) is 4.18. The topological polar surface area (TPSA) is 54.4 Å². The van der Waals surface area contributed by atoms with Gasteiger partial charge in [-0.05, 0) is 0 Å². The summed E-state index contributed by atoms with van der Waals surface area (Å²) in [6, 6.07) is 0. The van der Waals surface area contributed by atoms with E-state index in [-0.39, 0.29) is 18.1 Å². The van der Waals surface area contributed by atoms with E-state index in [1.54, 1.807) is 6.92 Å². The van der Waals surface area contributed by atoms with Crippen molar-refractivity contribution in [3.63, 3.8) is 0 Å². The predicted octanol–water partition coefficient (Wildman–Crippen LogP) is 1.33. The summed E-state index contributed by atoms with van der Waals surface area (Å²) in [5.41, 5.74) is 0. The largest absolute Gasteiger partial charge is 0.481 e. The number of carboxylic acid groups (broad SMARTS) is 1. The number of aliphatic carboxylic acids is 1. The van der Waals surface area contributed by atoms with E-state index in [1.165, 1.54) is 6.92 Å². The molecule has 0 aliphatic rings. The first kappa shape index (κ1) is 11.7. The second-order valence-corrected chi connectivity index (χ2v) is 3.22. The zero-order chi connectivity index (χ0) is 10.4. The lowest BCUT2D eigenvalue weighted by Gasteiger charge is -2.08. The van der Waals surface area contributed by atoms with Crippen molar-refractivity contribution in [3.05, 3.63) is 0 Å². The molecule has 2 atom stereocenters. The maximum absolute atomic E-state index is 11.3. The zero-order valence-corrected chi connectivity index (χ0v) is 7.91. The summed E-state index contributed by atoms with van der Waals surface area (Å²) in [6.07, 6.45) is 5.49. The average molecular weight is 182 g/mol. The van der Waals surface area contributed by atoms with Crippen LogP contribution >= 0.6 is 0 Å². The maximum Gasteiger partial charge on any atom is 0.306 e. The minimum absolute atomic E-state index is 0.0676. The van der Waals surface area contributed by atoms with Crippen LogP contribution in [0, 0.1) is 24.2 Å². The third-order valence-corrected chi connectivity index (χ3v) is 1.90. The molecule has 0 aromatic carbocycles. The van der Waals surface area contributed by atoms with Crippen molar-refractivity contribution in [2.24, 2.45) is 11.8 Å². The average Bonchev–Trinajstić information content (AvgIpc) is 2.04. The first-order chi connectivity index (χ1) is 5.99. The highest BCUT2D eigenvalue weighted by Crippen LogP contribution is 2.11. The summed E-state index contributed by atoms with van der Waals surface area (Å²) < 4.78 is 0. The molecule has 3 heteroatoms. The van der Waals surface area contributed by atoms with Gasteiger partial charge in [0.15, 0.2) is 0 Å². The van der Waals surface area contributed by atoms with Gasteiger partial charge in [0, 0.05) is 18.8 Å². The third-order valence-electron chi connectivity index (χ3n) is 1.90. The molecule has 0 spiro atoms. The van der Waals surface area contributed by atoms with Gasteiger partial charge in [-0.1, -0.05) is 13.8 Å². The number of hydrogen-bond acceptors (Lipinski definition) is 2. The monoisotopic (exact) mass is 182 g/mol. The van der Waals surface area contributed by atoms with Gasteiger partial charge in [-0.2, -0.15) is 0 Å². The van der Waals surface area contributed by atoms with Crippen LogP contribution in [0.5, 0.6) is 0 Å². The lowest BCUT2D eigenvalue weighted by Crippen LogP contribution is -2.19. The van der Waals surface area contributed by atoms with Crippen LogP contribution in [-0.4, -0.2) is 16.9 Å². The van der Waals surface area contributed by atoms with Gasteiger partial charge >= 0.3 is 5.97 Å². The van der Waals surface area contributed by atoms with Crippen LogP contribution in [0.4, 0.5) is 0 Å². The lowest BCUT2D eigenvalue weighted by atomic mass is 9.95. The number of terminal acetylenes is 1. The smallest absolute Gasteiger partial charge is 0.306 e. The Balaban J connectivity index is 4.01. The Labute approximate surface area is 78.1 Å². The molecular formula is C10H14O3. The normalized spacial score (nSPS) is 14.2. The van der Waals surface area contributed by atoms with Crippen molar-refractivity contribution in [2.45, 2.75) is 26.7 Å². The van der Waals surface area contributed by atoms with E-state index in [0.717, 1.165) is 0 Å². The fraction of sp³-hybridized carbons (Fsp3) is 0.600. The Hall–Kier alpha value is -1.30. The number of Topliss-reactive ketones (excluding diaryl/α,β-unsaturated/α-hetero) is 1. The molecule has 13 heavy (non-hydrogen) atoms. The number of carbonyl (C=O) groups is 2. The minimum atomic E-state index is -0.943. The molecule has 0 aromatic heterocycles. The molecular weight excluding hydrogens is 168 g/mol. The lowest BCUT2D eigenvalue weighted by molar-refractivity contribution is -0.143. The van der Waals surface area contributed by atoms with E-state index < -0.39 is 11.9 Å². The molecule has 0 aliphatic carbocycles. The Morgan fingerprint density at radius 3 is 2.31 bits per heavy atom. The van der Waals surface area contributed by atoms with Gasteiger partial charge in [0.1, 0.15) is 5.78 Å². The number of carbonyl (C=O) groups excluding carboxylic acids is 1. The molecule has 0 radical (unpaired) electrons.